The Kier molecular flexibility index (Phi) is 24.9. The molecule has 0 radical (unpaired) electrons. The molecular formula is C12H4BCl8O7Tl3. The minimum atomic E-state index is -2.92. The molecule has 0 spiro atoms. The maximum absolute atomic E-state index is 9.08. The summed E-state index contributed by atoms with van der Waals surface area (Å²) in [6, 6.07) is 0. The van der Waals surface area contributed by atoms with Gasteiger partial charge in [-0.25, -0.2) is 0 Å². The van der Waals surface area contributed by atoms with E-state index in [-0.39, 0.29) is 122 Å². The fourth-order valence-corrected chi connectivity index (χ4v) is 2.88. The van der Waals surface area contributed by atoms with E-state index in [1.165, 1.54) is 0 Å². The van der Waals surface area contributed by atoms with Gasteiger partial charge in [0.05, 0.1) is 20.1 Å². The van der Waals surface area contributed by atoms with Crippen LogP contribution in [0.3, 0.4) is 0 Å². The molecule has 0 aliphatic carbocycles. The third-order valence-electron chi connectivity index (χ3n) is 2.44. The standard InChI is InChI=1S/2C6H2Cl4O2.BO3.3Tl/c2*7-1-2(8)4(10)6(12)5(11)3(1)9;2-1(3)4;;;/h2*11-12H;;;;/q;;-3;3*+1. The molecule has 0 heterocycles. The average Bonchev–Trinajstić information content (AvgIpc) is 2.64. The van der Waals surface area contributed by atoms with Crippen molar-refractivity contribution in [2.24, 2.45) is 0 Å². The Morgan fingerprint density at radius 1 is 0.387 bits per heavy atom. The number of rotatable bonds is 0. The van der Waals surface area contributed by atoms with Crippen LogP contribution in [0.2, 0.25) is 40.2 Å². The van der Waals surface area contributed by atoms with E-state index in [4.69, 9.17) is 128 Å². The van der Waals surface area contributed by atoms with E-state index in [1.807, 2.05) is 0 Å². The van der Waals surface area contributed by atoms with Gasteiger partial charge in [0.25, 0.3) is 0 Å². The van der Waals surface area contributed by atoms with Crippen LogP contribution in [0, 0.1) is 0 Å². The van der Waals surface area contributed by atoms with Gasteiger partial charge in [-0.1, -0.05) is 92.8 Å². The summed E-state index contributed by atoms with van der Waals surface area (Å²) in [6.45, 7) is 0. The van der Waals surface area contributed by atoms with E-state index in [1.54, 1.807) is 0 Å². The predicted octanol–water partition coefficient (Wildman–Crippen LogP) is 2.33. The molecule has 0 amide bonds. The van der Waals surface area contributed by atoms with Gasteiger partial charge in [-0.3, -0.25) is 7.32 Å². The van der Waals surface area contributed by atoms with Gasteiger partial charge in [0.15, 0.2) is 23.0 Å². The quantitative estimate of drug-likeness (QED) is 0.137. The summed E-state index contributed by atoms with van der Waals surface area (Å²) in [5.41, 5.74) is 0. The normalized spacial score (nSPS) is 8.87. The topological polar surface area (TPSA) is 150 Å². The molecule has 4 N–H and O–H groups in total. The number of aromatic hydroxyl groups is 4. The first kappa shape index (κ1) is 40.8. The van der Waals surface area contributed by atoms with Crippen molar-refractivity contribution in [1.82, 2.24) is 0 Å². The second kappa shape index (κ2) is 18.9. The summed E-state index contributed by atoms with van der Waals surface area (Å²) in [6.07, 6.45) is 0. The van der Waals surface area contributed by atoms with Crippen molar-refractivity contribution in [1.29, 1.82) is 0 Å². The molecule has 0 bridgehead atoms. The Hall–Kier alpha value is 2.67. The van der Waals surface area contributed by atoms with Gasteiger partial charge in [0.2, 0.25) is 0 Å². The monoisotopic (exact) mass is 1170 g/mol. The Morgan fingerprint density at radius 3 is 0.581 bits per heavy atom. The maximum Gasteiger partial charge on any atom is 1.00 e. The molecule has 0 aliphatic heterocycles. The average molecular weight is 1170 g/mol. The predicted molar refractivity (Wildman–Crippen MR) is 123 cm³/mol. The second-order valence-electron chi connectivity index (χ2n) is 4.19. The van der Waals surface area contributed by atoms with Crippen LogP contribution < -0.4 is 15.1 Å². The smallest absolute Gasteiger partial charge is 0.907 e. The van der Waals surface area contributed by atoms with Crippen molar-refractivity contribution >= 4 is 182 Å². The summed E-state index contributed by atoms with van der Waals surface area (Å²) in [5, 5.41) is 60.4. The molecule has 2 aromatic carbocycles. The fourth-order valence-electron chi connectivity index (χ4n) is 1.22. The zero-order valence-electron chi connectivity index (χ0n) is 14.3. The van der Waals surface area contributed by atoms with E-state index < -0.39 is 30.3 Å². The van der Waals surface area contributed by atoms with E-state index in [0.29, 0.717) is 0 Å². The number of benzene rings is 2. The fraction of sp³-hybridized carbons (Fsp3) is 0. The zero-order valence-corrected chi connectivity index (χ0v) is 33.9. The van der Waals surface area contributed by atoms with Crippen LogP contribution in [0.1, 0.15) is 0 Å². The maximum atomic E-state index is 9.08. The molecular weight excluding hydrogens is 1160 g/mol. The largest absolute Gasteiger partial charge is 1.00 e. The van der Waals surface area contributed by atoms with Crippen molar-refractivity contribution in [3.05, 3.63) is 40.2 Å². The van der Waals surface area contributed by atoms with Crippen molar-refractivity contribution in [3.8, 4) is 23.0 Å². The summed E-state index contributed by atoms with van der Waals surface area (Å²) in [4.78, 5) is 0. The van der Waals surface area contributed by atoms with Gasteiger partial charge < -0.3 is 35.5 Å². The first-order valence-electron chi connectivity index (χ1n) is 6.11. The van der Waals surface area contributed by atoms with Crippen LogP contribution >= 0.6 is 92.8 Å². The number of hydrogen-bond acceptors (Lipinski definition) is 7. The van der Waals surface area contributed by atoms with Gasteiger partial charge in [-0.15, -0.1) is 0 Å². The third kappa shape index (κ3) is 12.0. The molecule has 0 aliphatic rings. The molecule has 19 heteroatoms. The minimum Gasteiger partial charge on any atom is -0.907 e. The number of phenolic OH excluding ortho intramolecular Hbond substituents is 4. The zero-order chi connectivity index (χ0) is 22.5. The molecule has 7 nitrogen and oxygen atoms in total. The number of hydrogen-bond donors (Lipinski definition) is 4. The van der Waals surface area contributed by atoms with Crippen LogP contribution in [0.15, 0.2) is 0 Å². The van der Waals surface area contributed by atoms with Gasteiger partial charge >= 0.3 is 81.9 Å². The van der Waals surface area contributed by atoms with Gasteiger partial charge in [0, 0.05) is 0 Å². The summed E-state index contributed by atoms with van der Waals surface area (Å²) in [5.74, 6) is -2.29. The van der Waals surface area contributed by atoms with Gasteiger partial charge in [0.1, 0.15) is 20.1 Å². The molecule has 0 saturated heterocycles. The van der Waals surface area contributed by atoms with E-state index in [9.17, 15) is 0 Å². The SMILES string of the molecule is Oc1c(O)c(Cl)c(Cl)c(Cl)c1Cl.Oc1c(O)c(Cl)c(Cl)c(Cl)c1Cl.[O-]B([O-])[O-].[Tl+].[Tl+].[Tl+]. The molecule has 2 aromatic rings. The second-order valence-corrected chi connectivity index (χ2v) is 7.22. The molecule has 0 aromatic heterocycles. The molecule has 0 unspecified atom stereocenters. The molecule has 0 fully saturated rings. The van der Waals surface area contributed by atoms with Crippen LogP contribution in [-0.2, 0) is 0 Å². The van der Waals surface area contributed by atoms with Gasteiger partial charge in [-0.05, 0) is 0 Å². The molecule has 0 atom stereocenters. The molecule has 2 rings (SSSR count). The first-order valence-corrected chi connectivity index (χ1v) is 9.14. The first-order chi connectivity index (χ1) is 12.7. The van der Waals surface area contributed by atoms with Crippen molar-refractivity contribution in [2.45, 2.75) is 0 Å². The molecule has 31 heavy (non-hydrogen) atoms. The number of phenols is 4. The summed E-state index contributed by atoms with van der Waals surface area (Å²) >= 11 is 44.1. The van der Waals surface area contributed by atoms with Crippen LogP contribution in [0.25, 0.3) is 0 Å². The van der Waals surface area contributed by atoms with Crippen LogP contribution in [0.5, 0.6) is 23.0 Å². The Labute approximate surface area is 276 Å². The third-order valence-corrected chi connectivity index (χ3v) is 6.00. The summed E-state index contributed by atoms with van der Waals surface area (Å²) < 4.78 is 0. The van der Waals surface area contributed by atoms with E-state index in [0.717, 1.165) is 0 Å². The minimum absolute atomic E-state index is 0. The number of halogens is 8. The van der Waals surface area contributed by atoms with Crippen molar-refractivity contribution in [2.75, 3.05) is 0 Å². The van der Waals surface area contributed by atoms with Crippen LogP contribution in [0.4, 0.5) is 0 Å². The van der Waals surface area contributed by atoms with Crippen molar-refractivity contribution < 1.29 is 35.5 Å². The summed E-state index contributed by atoms with van der Waals surface area (Å²) in [7, 11) is -2.92. The molecule has 0 saturated carbocycles. The van der Waals surface area contributed by atoms with Crippen LogP contribution in [-0.4, -0.2) is 110 Å². The van der Waals surface area contributed by atoms with E-state index in [2.05, 4.69) is 0 Å². The Balaban J connectivity index is -0.000000186. The Bertz CT molecular complexity index is 599. The molecule has 162 valence electrons. The van der Waals surface area contributed by atoms with Crippen molar-refractivity contribution in [3.63, 3.8) is 0 Å². The van der Waals surface area contributed by atoms with E-state index >= 15 is 0 Å². The van der Waals surface area contributed by atoms with Gasteiger partial charge in [-0.2, -0.15) is 0 Å². The Morgan fingerprint density at radius 2 is 0.484 bits per heavy atom.